The number of phenolic OH excluding ortho intramolecular Hbond substituents is 1. The van der Waals surface area contributed by atoms with Crippen molar-refractivity contribution in [3.05, 3.63) is 29.8 Å². The number of hydrogen-bond donors (Lipinski definition) is 1. The van der Waals surface area contributed by atoms with Crippen molar-refractivity contribution < 1.29 is 19.4 Å². The van der Waals surface area contributed by atoms with Crippen molar-refractivity contribution in [2.45, 2.75) is 174 Å². The van der Waals surface area contributed by atoms with Crippen LogP contribution in [-0.2, 0) is 9.53 Å². The fourth-order valence-corrected chi connectivity index (χ4v) is 5.61. The van der Waals surface area contributed by atoms with Gasteiger partial charge in [0.1, 0.15) is 0 Å². The van der Waals surface area contributed by atoms with E-state index < -0.39 is 0 Å². The predicted molar refractivity (Wildman–Crippen MR) is 180 cm³/mol. The lowest BCUT2D eigenvalue weighted by Gasteiger charge is -2.05. The van der Waals surface area contributed by atoms with E-state index in [1.54, 1.807) is 24.3 Å². The molecule has 0 aliphatic rings. The molecule has 0 spiro atoms. The van der Waals surface area contributed by atoms with Crippen molar-refractivity contribution in [3.8, 4) is 11.5 Å². The zero-order chi connectivity index (χ0) is 30.4. The molecule has 0 atom stereocenters. The second-order valence-electron chi connectivity index (χ2n) is 12.3. The molecule has 242 valence electrons. The van der Waals surface area contributed by atoms with E-state index in [2.05, 4.69) is 6.92 Å². The lowest BCUT2D eigenvalue weighted by atomic mass is 10.0. The highest BCUT2D eigenvalue weighted by Crippen LogP contribution is 2.26. The largest absolute Gasteiger partial charge is 0.504 e. The number of esters is 1. The van der Waals surface area contributed by atoms with Crippen LogP contribution in [-0.4, -0.2) is 24.8 Å². The lowest BCUT2D eigenvalue weighted by molar-refractivity contribution is -0.137. The Hall–Kier alpha value is -1.97. The van der Waals surface area contributed by atoms with Crippen molar-refractivity contribution in [2.24, 2.45) is 0 Å². The molecule has 4 heteroatoms. The Kier molecular flexibility index (Phi) is 26.4. The van der Waals surface area contributed by atoms with Crippen LogP contribution < -0.4 is 4.74 Å². The van der Waals surface area contributed by atoms with Crippen molar-refractivity contribution in [3.63, 3.8) is 0 Å². The van der Waals surface area contributed by atoms with Crippen LogP contribution in [0.4, 0.5) is 0 Å². The maximum absolute atomic E-state index is 11.9. The molecular weight excluding hydrogens is 520 g/mol. The van der Waals surface area contributed by atoms with Crippen molar-refractivity contribution >= 4 is 12.0 Å². The number of unbranched alkanes of at least 4 members (excludes halogenated alkanes) is 25. The molecule has 1 N–H and O–H groups in total. The molecule has 0 saturated carbocycles. The summed E-state index contributed by atoms with van der Waals surface area (Å²) < 4.78 is 10.3. The quantitative estimate of drug-likeness (QED) is 0.0553. The first-order valence-electron chi connectivity index (χ1n) is 17.9. The van der Waals surface area contributed by atoms with Gasteiger partial charge in [-0.1, -0.05) is 174 Å². The van der Waals surface area contributed by atoms with Gasteiger partial charge in [-0.15, -0.1) is 0 Å². The zero-order valence-electron chi connectivity index (χ0n) is 27.7. The average molecular weight is 587 g/mol. The molecular formula is C38H66O4. The fraction of sp³-hybridized carbons (Fsp3) is 0.763. The van der Waals surface area contributed by atoms with Crippen LogP contribution in [0.2, 0.25) is 0 Å². The van der Waals surface area contributed by atoms with Gasteiger partial charge in [-0.25, -0.2) is 4.79 Å². The number of methoxy groups -OCH3 is 1. The first-order chi connectivity index (χ1) is 20.7. The summed E-state index contributed by atoms with van der Waals surface area (Å²) in [6.07, 6.45) is 39.1. The molecule has 0 heterocycles. The Morgan fingerprint density at radius 1 is 0.619 bits per heavy atom. The highest BCUT2D eigenvalue weighted by atomic mass is 16.5. The third kappa shape index (κ3) is 23.6. The summed E-state index contributed by atoms with van der Waals surface area (Å²) in [5.74, 6) is 0.124. The minimum Gasteiger partial charge on any atom is -0.504 e. The van der Waals surface area contributed by atoms with Gasteiger partial charge in [0.2, 0.25) is 0 Å². The van der Waals surface area contributed by atoms with Gasteiger partial charge >= 0.3 is 5.97 Å². The van der Waals surface area contributed by atoms with E-state index in [0.717, 1.165) is 18.4 Å². The minimum absolute atomic E-state index is 0.0543. The average Bonchev–Trinajstić information content (AvgIpc) is 2.99. The molecule has 4 nitrogen and oxygen atoms in total. The SMILES string of the molecule is CCCCCCCCCCCCCCCCCCCCCCCCCCCCOC(=O)C=Cc1ccc(OC)c(O)c1. The van der Waals surface area contributed by atoms with Crippen LogP contribution in [0, 0.1) is 0 Å². The second kappa shape index (κ2) is 29.1. The van der Waals surface area contributed by atoms with Crippen LogP contribution >= 0.6 is 0 Å². The number of ether oxygens (including phenoxy) is 2. The first kappa shape index (κ1) is 38.1. The summed E-state index contributed by atoms with van der Waals surface area (Å²) in [5.41, 5.74) is 0.727. The molecule has 0 amide bonds. The van der Waals surface area contributed by atoms with Gasteiger partial charge in [0.15, 0.2) is 11.5 Å². The van der Waals surface area contributed by atoms with Gasteiger partial charge in [0.25, 0.3) is 0 Å². The molecule has 1 aromatic rings. The van der Waals surface area contributed by atoms with E-state index >= 15 is 0 Å². The van der Waals surface area contributed by atoms with E-state index in [1.807, 2.05) is 0 Å². The monoisotopic (exact) mass is 586 g/mol. The molecule has 0 unspecified atom stereocenters. The third-order valence-corrected chi connectivity index (χ3v) is 8.36. The standard InChI is InChI=1S/C38H66O4/c1-3-4-5-6-7-8-9-10-11-12-13-14-15-16-17-18-19-20-21-22-23-24-25-26-27-28-33-42-38(40)32-30-35-29-31-37(41-2)36(39)34-35/h29-32,34,39H,3-28,33H2,1-2H3. The van der Waals surface area contributed by atoms with Crippen molar-refractivity contribution in [2.75, 3.05) is 13.7 Å². The molecule has 0 aliphatic carbocycles. The van der Waals surface area contributed by atoms with Gasteiger partial charge in [-0.3, -0.25) is 0 Å². The van der Waals surface area contributed by atoms with Gasteiger partial charge in [0, 0.05) is 6.08 Å². The molecule has 1 rings (SSSR count). The Labute approximate surface area is 260 Å². The van der Waals surface area contributed by atoms with Crippen LogP contribution in [0.3, 0.4) is 0 Å². The van der Waals surface area contributed by atoms with Crippen LogP contribution in [0.1, 0.15) is 179 Å². The number of carbonyl (C=O) groups is 1. The Morgan fingerprint density at radius 2 is 1.00 bits per heavy atom. The van der Waals surface area contributed by atoms with Gasteiger partial charge in [-0.05, 0) is 30.2 Å². The Morgan fingerprint density at radius 3 is 1.36 bits per heavy atom. The topological polar surface area (TPSA) is 55.8 Å². The number of benzene rings is 1. The molecule has 0 fully saturated rings. The van der Waals surface area contributed by atoms with Gasteiger partial charge in [0.05, 0.1) is 13.7 Å². The summed E-state index contributed by atoms with van der Waals surface area (Å²) in [4.78, 5) is 11.9. The normalized spacial score (nSPS) is 11.4. The zero-order valence-corrected chi connectivity index (χ0v) is 27.7. The number of hydrogen-bond acceptors (Lipinski definition) is 4. The number of rotatable bonds is 30. The highest BCUT2D eigenvalue weighted by molar-refractivity contribution is 5.87. The van der Waals surface area contributed by atoms with E-state index in [-0.39, 0.29) is 11.7 Å². The van der Waals surface area contributed by atoms with Crippen LogP contribution in [0.15, 0.2) is 24.3 Å². The van der Waals surface area contributed by atoms with Crippen LogP contribution in [0.5, 0.6) is 11.5 Å². The Bertz CT molecular complexity index is 772. The minimum atomic E-state index is -0.343. The van der Waals surface area contributed by atoms with E-state index in [1.165, 1.54) is 167 Å². The predicted octanol–water partition coefficient (Wildman–Crippen LogP) is 12.1. The number of aromatic hydroxyl groups is 1. The first-order valence-corrected chi connectivity index (χ1v) is 17.9. The molecule has 42 heavy (non-hydrogen) atoms. The second-order valence-corrected chi connectivity index (χ2v) is 12.3. The smallest absolute Gasteiger partial charge is 0.330 e. The lowest BCUT2D eigenvalue weighted by Crippen LogP contribution is -2.02. The molecule has 0 aliphatic heterocycles. The van der Waals surface area contributed by atoms with Crippen LogP contribution in [0.25, 0.3) is 6.08 Å². The summed E-state index contributed by atoms with van der Waals surface area (Å²) in [6, 6.07) is 5.01. The fourth-order valence-electron chi connectivity index (χ4n) is 5.61. The summed E-state index contributed by atoms with van der Waals surface area (Å²) in [5, 5.41) is 9.79. The van der Waals surface area contributed by atoms with Crippen molar-refractivity contribution in [1.82, 2.24) is 0 Å². The maximum atomic E-state index is 11.9. The number of carbonyl (C=O) groups excluding carboxylic acids is 1. The Balaban J connectivity index is 1.75. The highest BCUT2D eigenvalue weighted by Gasteiger charge is 2.02. The molecule has 0 radical (unpaired) electrons. The van der Waals surface area contributed by atoms with Gasteiger partial charge in [-0.2, -0.15) is 0 Å². The van der Waals surface area contributed by atoms with E-state index in [9.17, 15) is 9.90 Å². The van der Waals surface area contributed by atoms with Crippen molar-refractivity contribution in [1.29, 1.82) is 0 Å². The number of phenols is 1. The molecule has 1 aromatic carbocycles. The van der Waals surface area contributed by atoms with Gasteiger partial charge < -0.3 is 14.6 Å². The maximum Gasteiger partial charge on any atom is 0.330 e. The molecule has 0 saturated heterocycles. The summed E-state index contributed by atoms with van der Waals surface area (Å²) >= 11 is 0. The van der Waals surface area contributed by atoms with E-state index in [0.29, 0.717) is 12.4 Å². The van der Waals surface area contributed by atoms with E-state index in [4.69, 9.17) is 9.47 Å². The summed E-state index contributed by atoms with van der Waals surface area (Å²) in [7, 11) is 1.51. The third-order valence-electron chi connectivity index (χ3n) is 8.36. The molecule has 0 bridgehead atoms. The summed E-state index contributed by atoms with van der Waals surface area (Å²) in [6.45, 7) is 2.76. The molecule has 0 aromatic heterocycles.